The van der Waals surface area contributed by atoms with E-state index in [0.29, 0.717) is 0 Å². The minimum Gasteiger partial charge on any atom is -0.494 e. The highest BCUT2D eigenvalue weighted by Gasteiger charge is 2.15. The zero-order chi connectivity index (χ0) is 14.8. The summed E-state index contributed by atoms with van der Waals surface area (Å²) in [5, 5.41) is 0. The Morgan fingerprint density at radius 1 is 0.857 bits per heavy atom. The van der Waals surface area contributed by atoms with Gasteiger partial charge in [0.15, 0.2) is 0 Å². The third-order valence-electron chi connectivity index (χ3n) is 4.72. The molecular weight excluding hydrogens is 256 g/mol. The summed E-state index contributed by atoms with van der Waals surface area (Å²) in [4.78, 5) is 0. The lowest BCUT2D eigenvalue weighted by atomic mass is 9.84. The van der Waals surface area contributed by atoms with E-state index >= 15 is 0 Å². The lowest BCUT2D eigenvalue weighted by Crippen LogP contribution is -2.04. The molecule has 1 aromatic rings. The van der Waals surface area contributed by atoms with Crippen molar-refractivity contribution in [2.45, 2.75) is 83.5 Å². The third-order valence-corrected chi connectivity index (χ3v) is 4.72. The average Bonchev–Trinajstić information content (AvgIpc) is 2.55. The van der Waals surface area contributed by atoms with Crippen molar-refractivity contribution in [2.24, 2.45) is 0 Å². The van der Waals surface area contributed by atoms with Crippen molar-refractivity contribution in [1.29, 1.82) is 0 Å². The Morgan fingerprint density at radius 2 is 1.52 bits per heavy atom. The summed E-state index contributed by atoms with van der Waals surface area (Å²) in [6.07, 6.45) is 14.9. The predicted molar refractivity (Wildman–Crippen MR) is 91.1 cm³/mol. The Balaban J connectivity index is 1.63. The van der Waals surface area contributed by atoms with Gasteiger partial charge in [-0.3, -0.25) is 0 Å². The Hall–Kier alpha value is -0.980. The number of ether oxygens (including phenoxy) is 1. The van der Waals surface area contributed by atoms with Crippen LogP contribution in [0.3, 0.4) is 0 Å². The van der Waals surface area contributed by atoms with Crippen molar-refractivity contribution >= 4 is 0 Å². The molecule has 0 saturated heterocycles. The maximum absolute atomic E-state index is 5.85. The van der Waals surface area contributed by atoms with Crippen LogP contribution in [0.15, 0.2) is 24.3 Å². The van der Waals surface area contributed by atoms with E-state index in [2.05, 4.69) is 31.2 Å². The van der Waals surface area contributed by atoms with Crippen LogP contribution in [-0.4, -0.2) is 6.61 Å². The van der Waals surface area contributed by atoms with Gasteiger partial charge >= 0.3 is 0 Å². The molecule has 0 aromatic heterocycles. The van der Waals surface area contributed by atoms with Crippen LogP contribution in [0.4, 0.5) is 0 Å². The summed E-state index contributed by atoms with van der Waals surface area (Å²) in [7, 11) is 0. The van der Waals surface area contributed by atoms with E-state index in [9.17, 15) is 0 Å². The Kier molecular flexibility index (Phi) is 7.70. The summed E-state index contributed by atoms with van der Waals surface area (Å²) in [6.45, 7) is 3.13. The fraction of sp³-hybridized carbons (Fsp3) is 0.700. The van der Waals surface area contributed by atoms with Gasteiger partial charge in [0.1, 0.15) is 5.75 Å². The molecule has 0 N–H and O–H groups in total. The molecule has 1 saturated carbocycles. The molecule has 1 nitrogen and oxygen atoms in total. The molecule has 118 valence electrons. The van der Waals surface area contributed by atoms with Gasteiger partial charge < -0.3 is 4.74 Å². The number of hydrogen-bond acceptors (Lipinski definition) is 1. The van der Waals surface area contributed by atoms with Crippen LogP contribution in [0.5, 0.6) is 5.75 Å². The quantitative estimate of drug-likeness (QED) is 0.473. The molecule has 0 spiro atoms. The highest BCUT2D eigenvalue weighted by Crippen LogP contribution is 2.33. The third kappa shape index (κ3) is 6.11. The fourth-order valence-corrected chi connectivity index (χ4v) is 3.34. The fourth-order valence-electron chi connectivity index (χ4n) is 3.34. The Bertz CT molecular complexity index is 362. The van der Waals surface area contributed by atoms with Crippen LogP contribution in [0, 0.1) is 0 Å². The first-order chi connectivity index (χ1) is 10.4. The van der Waals surface area contributed by atoms with Crippen LogP contribution in [0.1, 0.15) is 89.0 Å². The highest BCUT2D eigenvalue weighted by molar-refractivity contribution is 5.29. The lowest BCUT2D eigenvalue weighted by molar-refractivity contribution is 0.304. The number of benzene rings is 1. The molecule has 0 unspecified atom stereocenters. The molecule has 2 rings (SSSR count). The van der Waals surface area contributed by atoms with Gasteiger partial charge in [-0.15, -0.1) is 0 Å². The summed E-state index contributed by atoms with van der Waals surface area (Å²) < 4.78 is 5.85. The second-order valence-corrected chi connectivity index (χ2v) is 6.52. The summed E-state index contributed by atoms with van der Waals surface area (Å²) in [6, 6.07) is 8.90. The smallest absolute Gasteiger partial charge is 0.119 e. The molecule has 0 atom stereocenters. The minimum absolute atomic E-state index is 0.798. The highest BCUT2D eigenvalue weighted by atomic mass is 16.5. The molecule has 0 bridgehead atoms. The maximum atomic E-state index is 5.85. The molecule has 21 heavy (non-hydrogen) atoms. The van der Waals surface area contributed by atoms with E-state index in [0.717, 1.165) is 18.3 Å². The Labute approximate surface area is 131 Å². The molecule has 1 aromatic carbocycles. The van der Waals surface area contributed by atoms with Crippen molar-refractivity contribution < 1.29 is 4.74 Å². The van der Waals surface area contributed by atoms with E-state index < -0.39 is 0 Å². The monoisotopic (exact) mass is 288 g/mol. The number of unbranched alkanes of at least 4 members (excludes halogenated alkanes) is 5. The van der Waals surface area contributed by atoms with Crippen LogP contribution in [0.2, 0.25) is 0 Å². The zero-order valence-electron chi connectivity index (χ0n) is 13.8. The van der Waals surface area contributed by atoms with Crippen molar-refractivity contribution in [3.63, 3.8) is 0 Å². The van der Waals surface area contributed by atoms with Gasteiger partial charge in [0, 0.05) is 0 Å². The van der Waals surface area contributed by atoms with Crippen molar-refractivity contribution in [2.75, 3.05) is 6.61 Å². The largest absolute Gasteiger partial charge is 0.494 e. The van der Waals surface area contributed by atoms with E-state index in [4.69, 9.17) is 4.74 Å². The van der Waals surface area contributed by atoms with E-state index in [1.165, 1.54) is 76.2 Å². The first-order valence-electron chi connectivity index (χ1n) is 9.13. The van der Waals surface area contributed by atoms with Crippen LogP contribution < -0.4 is 4.74 Å². The first kappa shape index (κ1) is 16.4. The molecule has 1 aliphatic carbocycles. The number of hydrogen-bond donors (Lipinski definition) is 0. The van der Waals surface area contributed by atoms with Gasteiger partial charge in [0.25, 0.3) is 0 Å². The molecule has 1 fully saturated rings. The van der Waals surface area contributed by atoms with E-state index in [-0.39, 0.29) is 0 Å². The SMILES string of the molecule is CCCCCCCCOc1ccc(C2CCCCC2)cc1. The van der Waals surface area contributed by atoms with Gasteiger partial charge in [-0.2, -0.15) is 0 Å². The van der Waals surface area contributed by atoms with Gasteiger partial charge in [-0.1, -0.05) is 70.4 Å². The summed E-state index contributed by atoms with van der Waals surface area (Å²) in [5.41, 5.74) is 1.52. The van der Waals surface area contributed by atoms with Crippen molar-refractivity contribution in [1.82, 2.24) is 0 Å². The molecule has 0 heterocycles. The molecule has 1 aliphatic rings. The van der Waals surface area contributed by atoms with Crippen molar-refractivity contribution in [3.05, 3.63) is 29.8 Å². The molecule has 1 heteroatoms. The van der Waals surface area contributed by atoms with Gasteiger partial charge in [0.05, 0.1) is 6.61 Å². The molecule has 0 radical (unpaired) electrons. The predicted octanol–water partition coefficient (Wildman–Crippen LogP) is 6.47. The number of rotatable bonds is 9. The van der Waals surface area contributed by atoms with E-state index in [1.54, 1.807) is 0 Å². The normalized spacial score (nSPS) is 16.0. The van der Waals surface area contributed by atoms with Crippen molar-refractivity contribution in [3.8, 4) is 5.75 Å². The first-order valence-corrected chi connectivity index (χ1v) is 9.13. The Morgan fingerprint density at radius 3 is 2.24 bits per heavy atom. The maximum Gasteiger partial charge on any atom is 0.119 e. The minimum atomic E-state index is 0.798. The van der Waals surface area contributed by atoms with Crippen LogP contribution >= 0.6 is 0 Å². The topological polar surface area (TPSA) is 9.23 Å². The summed E-state index contributed by atoms with van der Waals surface area (Å²) in [5.74, 6) is 1.84. The van der Waals surface area contributed by atoms with Gasteiger partial charge in [-0.05, 0) is 42.9 Å². The van der Waals surface area contributed by atoms with Gasteiger partial charge in [-0.25, -0.2) is 0 Å². The lowest BCUT2D eigenvalue weighted by Gasteiger charge is -2.22. The van der Waals surface area contributed by atoms with Gasteiger partial charge in [0.2, 0.25) is 0 Å². The molecule has 0 aliphatic heterocycles. The second-order valence-electron chi connectivity index (χ2n) is 6.52. The van der Waals surface area contributed by atoms with E-state index in [1.807, 2.05) is 0 Å². The van der Waals surface area contributed by atoms with Crippen LogP contribution in [-0.2, 0) is 0 Å². The molecular formula is C20H32O. The molecule has 0 amide bonds. The zero-order valence-corrected chi connectivity index (χ0v) is 13.8. The average molecular weight is 288 g/mol. The standard InChI is InChI=1S/C20H32O/c1-2-3-4-5-6-10-17-21-20-15-13-19(14-16-20)18-11-8-7-9-12-18/h13-16,18H,2-12,17H2,1H3. The van der Waals surface area contributed by atoms with Crippen LogP contribution in [0.25, 0.3) is 0 Å². The summed E-state index contributed by atoms with van der Waals surface area (Å²) >= 11 is 0. The second kappa shape index (κ2) is 9.87.